The van der Waals surface area contributed by atoms with Crippen molar-refractivity contribution >= 4 is 21.7 Å². The fourth-order valence-corrected chi connectivity index (χ4v) is 2.91. The molecule has 1 N–H and O–H groups in total. The molecule has 0 unspecified atom stereocenters. The van der Waals surface area contributed by atoms with Gasteiger partial charge in [-0.25, -0.2) is 4.39 Å². The largest absolute Gasteiger partial charge is 0.493 e. The average Bonchev–Trinajstić information content (AvgIpc) is 3.08. The summed E-state index contributed by atoms with van der Waals surface area (Å²) < 4.78 is 68.8. The number of pyridine rings is 1. The van der Waals surface area contributed by atoms with Gasteiger partial charge in [-0.15, -0.1) is 0 Å². The summed E-state index contributed by atoms with van der Waals surface area (Å²) in [5, 5.41) is 0.928. The topological polar surface area (TPSA) is 56.2 Å². The summed E-state index contributed by atoms with van der Waals surface area (Å²) in [5.74, 6) is -1.33. The number of rotatable bonds is 3. The third-order valence-electron chi connectivity index (χ3n) is 4.06. The molecule has 2 heterocycles. The quantitative estimate of drug-likeness (QED) is 0.617. The molecule has 4 aromatic rings. The highest BCUT2D eigenvalue weighted by Gasteiger charge is 2.13. The Labute approximate surface area is 150 Å². The van der Waals surface area contributed by atoms with E-state index < -0.39 is 31.2 Å². The molecule has 5 nitrogen and oxygen atoms in total. The monoisotopic (exact) mass is 344 g/mol. The molecule has 0 aliphatic heterocycles. The Hall–Kier alpha value is -3.28. The molecule has 0 atom stereocenters. The molecule has 0 radical (unpaired) electrons. The first kappa shape index (κ1) is 9.88. The van der Waals surface area contributed by atoms with Crippen molar-refractivity contribution in [3.63, 3.8) is 0 Å². The Morgan fingerprint density at radius 3 is 2.68 bits per heavy atom. The van der Waals surface area contributed by atoms with Crippen LogP contribution in [0.25, 0.3) is 27.4 Å². The molecular formula is C19H15FN2O3. The number of hydrogen-bond donors (Lipinski definition) is 1. The highest BCUT2D eigenvalue weighted by atomic mass is 19.1. The molecule has 0 spiro atoms. The number of benzene rings is 2. The molecular weight excluding hydrogens is 323 g/mol. The van der Waals surface area contributed by atoms with Crippen LogP contribution in [0.5, 0.6) is 11.5 Å². The summed E-state index contributed by atoms with van der Waals surface area (Å²) in [4.78, 5) is 16.1. The molecule has 25 heavy (non-hydrogen) atoms. The standard InChI is InChI=1S/C19H15FN2O3/c1-24-17-7-11-4-6-22(19(23)14(11)10-18(17)25-2)16-9-12(20)8-15-13(16)3-5-21-15/h3-10,21H,1-2H3/i1D3,2D3. The summed E-state index contributed by atoms with van der Waals surface area (Å²) >= 11 is 0. The van der Waals surface area contributed by atoms with Crippen LogP contribution in [0.1, 0.15) is 8.22 Å². The van der Waals surface area contributed by atoms with Gasteiger partial charge in [0.2, 0.25) is 0 Å². The predicted molar refractivity (Wildman–Crippen MR) is 94.5 cm³/mol. The van der Waals surface area contributed by atoms with Crippen molar-refractivity contribution in [2.45, 2.75) is 0 Å². The normalized spacial score (nSPS) is 15.7. The van der Waals surface area contributed by atoms with Gasteiger partial charge in [-0.3, -0.25) is 9.36 Å². The van der Waals surface area contributed by atoms with Crippen LogP contribution in [0, 0.1) is 5.82 Å². The van der Waals surface area contributed by atoms with Crippen LogP contribution < -0.4 is 15.0 Å². The number of methoxy groups -OCH3 is 2. The van der Waals surface area contributed by atoms with E-state index in [9.17, 15) is 9.18 Å². The van der Waals surface area contributed by atoms with E-state index in [-0.39, 0.29) is 16.8 Å². The Bertz CT molecular complexity index is 1360. The predicted octanol–water partition coefficient (Wildman–Crippen LogP) is 3.63. The zero-order valence-corrected chi connectivity index (χ0v) is 12.7. The number of halogens is 1. The lowest BCUT2D eigenvalue weighted by Crippen LogP contribution is -2.18. The lowest BCUT2D eigenvalue weighted by atomic mass is 10.1. The number of ether oxygens (including phenoxy) is 2. The summed E-state index contributed by atoms with van der Waals surface area (Å²) in [5.41, 5.74) is 0.195. The zero-order valence-electron chi connectivity index (χ0n) is 18.7. The van der Waals surface area contributed by atoms with Crippen molar-refractivity contribution < 1.29 is 22.1 Å². The first-order valence-corrected chi connectivity index (χ1v) is 7.26. The van der Waals surface area contributed by atoms with E-state index in [0.717, 1.165) is 6.07 Å². The van der Waals surface area contributed by atoms with Crippen molar-refractivity contribution in [3.8, 4) is 17.2 Å². The van der Waals surface area contributed by atoms with Crippen molar-refractivity contribution in [2.75, 3.05) is 14.1 Å². The summed E-state index contributed by atoms with van der Waals surface area (Å²) in [6.45, 7) is 0. The van der Waals surface area contributed by atoms with Gasteiger partial charge in [-0.05, 0) is 41.8 Å². The van der Waals surface area contributed by atoms with E-state index in [1.165, 1.54) is 35.0 Å². The van der Waals surface area contributed by atoms with Crippen molar-refractivity contribution in [3.05, 3.63) is 65.0 Å². The minimum atomic E-state index is -2.91. The molecule has 0 saturated carbocycles. The minimum absolute atomic E-state index is 0.0348. The molecule has 2 aromatic heterocycles. The average molecular weight is 344 g/mol. The van der Waals surface area contributed by atoms with Gasteiger partial charge in [0.25, 0.3) is 5.56 Å². The van der Waals surface area contributed by atoms with Crippen LogP contribution in [-0.2, 0) is 0 Å². The van der Waals surface area contributed by atoms with Crippen molar-refractivity contribution in [1.29, 1.82) is 0 Å². The third kappa shape index (κ3) is 2.34. The second kappa shape index (κ2) is 5.66. The van der Waals surface area contributed by atoms with Crippen LogP contribution >= 0.6 is 0 Å². The van der Waals surface area contributed by atoms with Gasteiger partial charge < -0.3 is 14.5 Å². The molecule has 126 valence electrons. The molecule has 6 heteroatoms. The van der Waals surface area contributed by atoms with E-state index in [2.05, 4.69) is 4.98 Å². The molecule has 0 fully saturated rings. The van der Waals surface area contributed by atoms with Gasteiger partial charge in [0.15, 0.2) is 11.5 Å². The number of hydrogen-bond acceptors (Lipinski definition) is 3. The first-order valence-electron chi connectivity index (χ1n) is 10.3. The fourth-order valence-electron chi connectivity index (χ4n) is 2.91. The molecule has 0 aliphatic carbocycles. The molecule has 0 saturated heterocycles. The Balaban J connectivity index is 1.95. The Kier molecular flexibility index (Phi) is 2.24. The van der Waals surface area contributed by atoms with Crippen LogP contribution in [-0.4, -0.2) is 23.6 Å². The number of aromatic amines is 1. The van der Waals surface area contributed by atoms with E-state index in [1.54, 1.807) is 12.3 Å². The third-order valence-corrected chi connectivity index (χ3v) is 4.06. The fraction of sp³-hybridized carbons (Fsp3) is 0.105. The molecule has 0 bridgehead atoms. The van der Waals surface area contributed by atoms with Crippen LogP contribution in [0.2, 0.25) is 0 Å². The zero-order chi connectivity index (χ0) is 22.6. The lowest BCUT2D eigenvalue weighted by molar-refractivity contribution is 0.356. The number of H-pyrrole nitrogens is 1. The molecule has 4 rings (SSSR count). The number of nitrogens with one attached hydrogen (secondary N) is 1. The summed E-state index contributed by atoms with van der Waals surface area (Å²) in [7, 11) is -5.77. The highest BCUT2D eigenvalue weighted by Crippen LogP contribution is 2.31. The van der Waals surface area contributed by atoms with E-state index in [0.29, 0.717) is 16.3 Å². The lowest BCUT2D eigenvalue weighted by Gasteiger charge is -2.12. The van der Waals surface area contributed by atoms with E-state index in [1.807, 2.05) is 0 Å². The maximum Gasteiger partial charge on any atom is 0.263 e. The Morgan fingerprint density at radius 1 is 1.08 bits per heavy atom. The van der Waals surface area contributed by atoms with Crippen molar-refractivity contribution in [2.24, 2.45) is 0 Å². The number of nitrogens with zero attached hydrogens (tertiary/aromatic N) is 1. The number of fused-ring (bicyclic) bond motifs is 2. The summed E-state index contributed by atoms with van der Waals surface area (Å²) in [6.07, 6.45) is 3.02. The second-order valence-electron chi connectivity index (χ2n) is 5.45. The molecule has 2 aromatic carbocycles. The first-order chi connectivity index (χ1) is 14.4. The minimum Gasteiger partial charge on any atom is -0.493 e. The van der Waals surface area contributed by atoms with Crippen LogP contribution in [0.15, 0.2) is 53.6 Å². The molecule has 0 amide bonds. The maximum absolute atomic E-state index is 14.1. The second-order valence-corrected chi connectivity index (χ2v) is 5.45. The van der Waals surface area contributed by atoms with Gasteiger partial charge in [-0.1, -0.05) is 0 Å². The van der Waals surface area contributed by atoms with Gasteiger partial charge in [0.05, 0.1) is 38.9 Å². The highest BCUT2D eigenvalue weighted by molar-refractivity contribution is 5.90. The van der Waals surface area contributed by atoms with Crippen molar-refractivity contribution in [1.82, 2.24) is 9.55 Å². The maximum atomic E-state index is 14.1. The van der Waals surface area contributed by atoms with E-state index in [4.69, 9.17) is 17.7 Å². The van der Waals surface area contributed by atoms with Crippen LogP contribution in [0.4, 0.5) is 4.39 Å². The van der Waals surface area contributed by atoms with Gasteiger partial charge in [-0.2, -0.15) is 0 Å². The van der Waals surface area contributed by atoms with Gasteiger partial charge in [0.1, 0.15) is 5.82 Å². The smallest absolute Gasteiger partial charge is 0.263 e. The van der Waals surface area contributed by atoms with E-state index >= 15 is 0 Å². The summed E-state index contributed by atoms with van der Waals surface area (Å²) in [6, 6.07) is 8.02. The van der Waals surface area contributed by atoms with Gasteiger partial charge in [0, 0.05) is 17.8 Å². The molecule has 0 aliphatic rings. The number of aromatic nitrogens is 2. The SMILES string of the molecule is [2H]C([2H])([2H])Oc1cc2ccn(-c3cc(F)cc4[nH]ccc34)c(=O)c2cc1OC([2H])([2H])[2H]. The Morgan fingerprint density at radius 2 is 1.88 bits per heavy atom. The van der Waals surface area contributed by atoms with Gasteiger partial charge >= 0.3 is 0 Å². The van der Waals surface area contributed by atoms with Crippen LogP contribution in [0.3, 0.4) is 0 Å².